The first kappa shape index (κ1) is 12.6. The molecule has 0 saturated carbocycles. The lowest BCUT2D eigenvalue weighted by molar-refractivity contribution is -0.146. The maximum Gasteiger partial charge on any atom is 0.302 e. The van der Waals surface area contributed by atoms with Crippen molar-refractivity contribution < 1.29 is 23.9 Å². The first-order chi connectivity index (χ1) is 6.56. The summed E-state index contributed by atoms with van der Waals surface area (Å²) in [6.07, 6.45) is 0.915. The van der Waals surface area contributed by atoms with Crippen molar-refractivity contribution >= 4 is 18.2 Å². The second-order valence-electron chi connectivity index (χ2n) is 2.87. The van der Waals surface area contributed by atoms with Crippen molar-refractivity contribution in [2.24, 2.45) is 5.92 Å². The van der Waals surface area contributed by atoms with E-state index in [1.54, 1.807) is 0 Å². The number of carbonyl (C=O) groups is 3. The molecule has 0 aromatic heterocycles. The highest BCUT2D eigenvalue weighted by atomic mass is 16.5. The summed E-state index contributed by atoms with van der Waals surface area (Å²) >= 11 is 0. The van der Waals surface area contributed by atoms with Gasteiger partial charge in [-0.25, -0.2) is 0 Å². The predicted octanol–water partition coefficient (Wildman–Crippen LogP) is 0.318. The zero-order valence-corrected chi connectivity index (χ0v) is 8.32. The quantitative estimate of drug-likeness (QED) is 0.458. The van der Waals surface area contributed by atoms with Crippen LogP contribution in [0, 0.1) is 5.92 Å². The zero-order valence-electron chi connectivity index (χ0n) is 8.32. The molecule has 0 spiro atoms. The molecule has 0 N–H and O–H groups in total. The Morgan fingerprint density at radius 2 is 1.57 bits per heavy atom. The highest BCUT2D eigenvalue weighted by molar-refractivity contribution is 5.66. The summed E-state index contributed by atoms with van der Waals surface area (Å²) in [4.78, 5) is 31.2. The van der Waals surface area contributed by atoms with Gasteiger partial charge in [-0.05, 0) is 0 Å². The van der Waals surface area contributed by atoms with Gasteiger partial charge in [-0.15, -0.1) is 0 Å². The molecule has 0 heterocycles. The lowest BCUT2D eigenvalue weighted by atomic mass is 10.1. The van der Waals surface area contributed by atoms with Gasteiger partial charge in [0, 0.05) is 26.2 Å². The van der Waals surface area contributed by atoms with Crippen LogP contribution in [0.4, 0.5) is 0 Å². The minimum atomic E-state index is -0.413. The molecule has 5 nitrogen and oxygen atoms in total. The average Bonchev–Trinajstić information content (AvgIpc) is 2.09. The summed E-state index contributed by atoms with van der Waals surface area (Å²) in [5, 5.41) is 0. The lowest BCUT2D eigenvalue weighted by Crippen LogP contribution is -2.19. The highest BCUT2D eigenvalue weighted by Gasteiger charge is 2.11. The zero-order chi connectivity index (χ0) is 11.0. The third-order valence-electron chi connectivity index (χ3n) is 1.47. The Bertz CT molecular complexity index is 193. The van der Waals surface area contributed by atoms with E-state index in [0.29, 0.717) is 6.29 Å². The number of aldehydes is 1. The van der Waals surface area contributed by atoms with E-state index in [1.807, 2.05) is 0 Å². The van der Waals surface area contributed by atoms with Gasteiger partial charge >= 0.3 is 11.9 Å². The summed E-state index contributed by atoms with van der Waals surface area (Å²) < 4.78 is 9.40. The topological polar surface area (TPSA) is 69.7 Å². The largest absolute Gasteiger partial charge is 0.465 e. The molecule has 0 aliphatic carbocycles. The minimum absolute atomic E-state index is 0.0986. The molecule has 0 radical (unpaired) electrons. The fourth-order valence-corrected chi connectivity index (χ4v) is 0.791. The molecule has 0 bridgehead atoms. The normalized spacial score (nSPS) is 9.64. The van der Waals surface area contributed by atoms with Crippen LogP contribution in [0.2, 0.25) is 0 Å². The van der Waals surface area contributed by atoms with Gasteiger partial charge in [0.15, 0.2) is 0 Å². The Labute approximate surface area is 82.4 Å². The average molecular weight is 202 g/mol. The summed E-state index contributed by atoms with van der Waals surface area (Å²) in [6, 6.07) is 0. The van der Waals surface area contributed by atoms with Crippen LogP contribution in [0.3, 0.4) is 0 Å². The third kappa shape index (κ3) is 7.27. The molecular weight excluding hydrogens is 188 g/mol. The Morgan fingerprint density at radius 3 is 1.86 bits per heavy atom. The van der Waals surface area contributed by atoms with Crippen LogP contribution in [-0.4, -0.2) is 31.4 Å². The predicted molar refractivity (Wildman–Crippen MR) is 47.4 cm³/mol. The SMILES string of the molecule is CC(=O)OCC(CC=O)COC(C)=O. The van der Waals surface area contributed by atoms with Crippen LogP contribution < -0.4 is 0 Å². The van der Waals surface area contributed by atoms with Crippen LogP contribution in [0.5, 0.6) is 0 Å². The number of rotatable bonds is 6. The molecular formula is C9H14O5. The monoisotopic (exact) mass is 202 g/mol. The molecule has 5 heteroatoms. The fourth-order valence-electron chi connectivity index (χ4n) is 0.791. The Balaban J connectivity index is 3.81. The van der Waals surface area contributed by atoms with Crippen LogP contribution in [0.25, 0.3) is 0 Å². The van der Waals surface area contributed by atoms with Gasteiger partial charge in [0.05, 0.1) is 13.2 Å². The van der Waals surface area contributed by atoms with E-state index >= 15 is 0 Å². The summed E-state index contributed by atoms with van der Waals surface area (Å²) in [7, 11) is 0. The maximum absolute atomic E-state index is 10.5. The van der Waals surface area contributed by atoms with Crippen molar-refractivity contribution in [2.45, 2.75) is 20.3 Å². The first-order valence-electron chi connectivity index (χ1n) is 4.26. The molecule has 0 aromatic rings. The second-order valence-corrected chi connectivity index (χ2v) is 2.87. The van der Waals surface area contributed by atoms with Crippen molar-refractivity contribution in [1.82, 2.24) is 0 Å². The van der Waals surface area contributed by atoms with Crippen LogP contribution in [-0.2, 0) is 23.9 Å². The van der Waals surface area contributed by atoms with Crippen molar-refractivity contribution in [3.05, 3.63) is 0 Å². The van der Waals surface area contributed by atoms with Gasteiger partial charge in [-0.1, -0.05) is 0 Å². The molecule has 0 saturated heterocycles. The number of esters is 2. The molecule has 0 fully saturated rings. The van der Waals surface area contributed by atoms with E-state index in [4.69, 9.17) is 9.47 Å². The molecule has 0 atom stereocenters. The molecule has 0 aliphatic rings. The summed E-state index contributed by atoms with van der Waals surface area (Å²) in [5.41, 5.74) is 0. The Morgan fingerprint density at radius 1 is 1.14 bits per heavy atom. The summed E-state index contributed by atoms with van der Waals surface area (Å²) in [5.74, 6) is -1.08. The smallest absolute Gasteiger partial charge is 0.302 e. The molecule has 0 amide bonds. The minimum Gasteiger partial charge on any atom is -0.465 e. The number of hydrogen-bond donors (Lipinski definition) is 0. The van der Waals surface area contributed by atoms with Gasteiger partial charge in [-0.2, -0.15) is 0 Å². The van der Waals surface area contributed by atoms with Gasteiger partial charge in [0.1, 0.15) is 6.29 Å². The van der Waals surface area contributed by atoms with Gasteiger partial charge in [0.2, 0.25) is 0 Å². The van der Waals surface area contributed by atoms with Crippen LogP contribution in [0.1, 0.15) is 20.3 Å². The highest BCUT2D eigenvalue weighted by Crippen LogP contribution is 2.03. The molecule has 14 heavy (non-hydrogen) atoms. The lowest BCUT2D eigenvalue weighted by Gasteiger charge is -2.13. The van der Waals surface area contributed by atoms with Gasteiger partial charge in [0.25, 0.3) is 0 Å². The van der Waals surface area contributed by atoms with E-state index in [2.05, 4.69) is 0 Å². The van der Waals surface area contributed by atoms with Crippen molar-refractivity contribution in [1.29, 1.82) is 0 Å². The Hall–Kier alpha value is -1.39. The summed E-state index contributed by atoms with van der Waals surface area (Å²) in [6.45, 7) is 2.76. The molecule has 0 rings (SSSR count). The Kier molecular flexibility index (Phi) is 6.36. The van der Waals surface area contributed by atoms with Crippen molar-refractivity contribution in [3.63, 3.8) is 0 Å². The fraction of sp³-hybridized carbons (Fsp3) is 0.667. The molecule has 0 aliphatic heterocycles. The third-order valence-corrected chi connectivity index (χ3v) is 1.47. The van der Waals surface area contributed by atoms with Crippen molar-refractivity contribution in [3.8, 4) is 0 Å². The second kappa shape index (κ2) is 7.06. The van der Waals surface area contributed by atoms with E-state index in [9.17, 15) is 14.4 Å². The van der Waals surface area contributed by atoms with E-state index < -0.39 is 11.9 Å². The first-order valence-corrected chi connectivity index (χ1v) is 4.26. The van der Waals surface area contributed by atoms with E-state index in [-0.39, 0.29) is 25.6 Å². The van der Waals surface area contributed by atoms with Crippen molar-refractivity contribution in [2.75, 3.05) is 13.2 Å². The molecule has 0 unspecified atom stereocenters. The van der Waals surface area contributed by atoms with Gasteiger partial charge in [-0.3, -0.25) is 9.59 Å². The molecule has 0 aromatic carbocycles. The molecule has 80 valence electrons. The number of hydrogen-bond acceptors (Lipinski definition) is 5. The van der Waals surface area contributed by atoms with Gasteiger partial charge < -0.3 is 14.3 Å². The standard InChI is InChI=1S/C9H14O5/c1-7(11)13-5-9(3-4-10)6-14-8(2)12/h4,9H,3,5-6H2,1-2H3. The maximum atomic E-state index is 10.5. The number of ether oxygens (including phenoxy) is 2. The van der Waals surface area contributed by atoms with E-state index in [1.165, 1.54) is 13.8 Å². The van der Waals surface area contributed by atoms with E-state index in [0.717, 1.165) is 0 Å². The number of carbonyl (C=O) groups excluding carboxylic acids is 3. The van der Waals surface area contributed by atoms with Crippen LogP contribution in [0.15, 0.2) is 0 Å². The van der Waals surface area contributed by atoms with Crippen LogP contribution >= 0.6 is 0 Å².